The minimum atomic E-state index is -0.384. The van der Waals surface area contributed by atoms with E-state index >= 15 is 0 Å². The van der Waals surface area contributed by atoms with E-state index in [1.165, 1.54) is 12.1 Å². The van der Waals surface area contributed by atoms with Crippen molar-refractivity contribution in [1.82, 2.24) is 15.5 Å². The fraction of sp³-hybridized carbons (Fsp3) is 0.438. The Morgan fingerprint density at radius 1 is 1.35 bits per heavy atom. The van der Waals surface area contributed by atoms with Crippen LogP contribution in [-0.4, -0.2) is 26.5 Å². The van der Waals surface area contributed by atoms with Crippen LogP contribution in [-0.2, 0) is 4.79 Å². The molecule has 0 aliphatic rings. The van der Waals surface area contributed by atoms with Gasteiger partial charge in [0.1, 0.15) is 11.9 Å². The van der Waals surface area contributed by atoms with Crippen molar-refractivity contribution in [1.29, 1.82) is 0 Å². The number of hydrogen-bond acceptors (Lipinski definition) is 5. The van der Waals surface area contributed by atoms with Crippen LogP contribution < -0.4 is 5.32 Å². The molecule has 0 radical (unpaired) electrons. The summed E-state index contributed by atoms with van der Waals surface area (Å²) >= 11 is 1.57. The van der Waals surface area contributed by atoms with Crippen molar-refractivity contribution >= 4 is 17.7 Å². The van der Waals surface area contributed by atoms with Gasteiger partial charge in [-0.05, 0) is 31.2 Å². The van der Waals surface area contributed by atoms with Crippen LogP contribution in [0.15, 0.2) is 28.8 Å². The Labute approximate surface area is 139 Å². The van der Waals surface area contributed by atoms with E-state index in [2.05, 4.69) is 36.2 Å². The molecule has 124 valence electrons. The van der Waals surface area contributed by atoms with E-state index in [-0.39, 0.29) is 22.5 Å². The van der Waals surface area contributed by atoms with Crippen LogP contribution >= 0.6 is 11.8 Å². The van der Waals surface area contributed by atoms with Crippen LogP contribution in [0.1, 0.15) is 39.6 Å². The zero-order valence-electron chi connectivity index (χ0n) is 13.6. The number of benzene rings is 1. The zero-order chi connectivity index (χ0) is 17.0. The lowest BCUT2D eigenvalue weighted by atomic mass is 10.2. The number of carbonyl (C=O) groups is 1. The van der Waals surface area contributed by atoms with Crippen LogP contribution in [0.2, 0.25) is 0 Å². The third-order valence-corrected chi connectivity index (χ3v) is 4.20. The van der Waals surface area contributed by atoms with Gasteiger partial charge in [-0.15, -0.1) is 11.8 Å². The highest BCUT2D eigenvalue weighted by molar-refractivity contribution is 8.01. The molecule has 1 N–H and O–H groups in total. The second-order valence-electron chi connectivity index (χ2n) is 6.15. The summed E-state index contributed by atoms with van der Waals surface area (Å²) in [4.78, 5) is 16.2. The molecular weight excluding hydrogens is 317 g/mol. The zero-order valence-corrected chi connectivity index (χ0v) is 14.4. The van der Waals surface area contributed by atoms with Crippen molar-refractivity contribution in [2.24, 2.45) is 0 Å². The van der Waals surface area contributed by atoms with Gasteiger partial charge >= 0.3 is 0 Å². The summed E-state index contributed by atoms with van der Waals surface area (Å²) in [5.41, 5.74) is 0.656. The van der Waals surface area contributed by atoms with Crippen LogP contribution in [0.5, 0.6) is 0 Å². The summed E-state index contributed by atoms with van der Waals surface area (Å²) < 4.78 is 18.1. The number of halogens is 1. The Bertz CT molecular complexity index is 665. The van der Waals surface area contributed by atoms with Gasteiger partial charge in [-0.25, -0.2) is 4.39 Å². The predicted octanol–water partition coefficient (Wildman–Crippen LogP) is 3.58. The van der Waals surface area contributed by atoms with Crippen LogP contribution in [0.4, 0.5) is 4.39 Å². The molecule has 0 aliphatic carbocycles. The molecule has 23 heavy (non-hydrogen) atoms. The molecule has 0 aliphatic heterocycles. The van der Waals surface area contributed by atoms with Gasteiger partial charge in [-0.1, -0.05) is 25.9 Å². The topological polar surface area (TPSA) is 68.0 Å². The normalized spacial score (nSPS) is 12.9. The maximum absolute atomic E-state index is 12.9. The third-order valence-electron chi connectivity index (χ3n) is 2.93. The molecule has 0 saturated heterocycles. The summed E-state index contributed by atoms with van der Waals surface area (Å²) in [7, 11) is 0. The Morgan fingerprint density at radius 2 is 2.00 bits per heavy atom. The molecule has 7 heteroatoms. The number of aromatic nitrogens is 2. The summed E-state index contributed by atoms with van der Waals surface area (Å²) in [5, 5.41) is 6.69. The van der Waals surface area contributed by atoms with E-state index < -0.39 is 0 Å². The molecule has 1 heterocycles. The summed E-state index contributed by atoms with van der Waals surface area (Å²) in [6.07, 6.45) is 0. The lowest BCUT2D eigenvalue weighted by Crippen LogP contribution is -2.29. The van der Waals surface area contributed by atoms with Crippen molar-refractivity contribution < 1.29 is 13.7 Å². The number of hydrogen-bond donors (Lipinski definition) is 1. The van der Waals surface area contributed by atoms with Gasteiger partial charge in [0.25, 0.3) is 0 Å². The molecular formula is C16H20FN3O2S. The second kappa shape index (κ2) is 7.12. The van der Waals surface area contributed by atoms with Gasteiger partial charge in [0, 0.05) is 10.3 Å². The first-order valence-corrected chi connectivity index (χ1v) is 8.26. The molecule has 5 nitrogen and oxygen atoms in total. The van der Waals surface area contributed by atoms with Gasteiger partial charge in [0.05, 0.1) is 5.75 Å². The fourth-order valence-corrected chi connectivity index (χ4v) is 2.40. The Morgan fingerprint density at radius 3 is 2.61 bits per heavy atom. The maximum atomic E-state index is 12.9. The van der Waals surface area contributed by atoms with Gasteiger partial charge in [0.2, 0.25) is 17.6 Å². The van der Waals surface area contributed by atoms with E-state index in [4.69, 9.17) is 4.52 Å². The largest absolute Gasteiger partial charge is 0.344 e. The average Bonchev–Trinajstić information content (AvgIpc) is 2.95. The number of nitrogens with one attached hydrogen (secondary N) is 1. The number of amides is 1. The van der Waals surface area contributed by atoms with Crippen molar-refractivity contribution in [3.05, 3.63) is 36.0 Å². The minimum Gasteiger partial charge on any atom is -0.344 e. The maximum Gasteiger partial charge on any atom is 0.249 e. The van der Waals surface area contributed by atoms with E-state index in [1.54, 1.807) is 30.8 Å². The van der Waals surface area contributed by atoms with Crippen molar-refractivity contribution in [3.8, 4) is 11.4 Å². The minimum absolute atomic E-state index is 0.0286. The molecule has 2 rings (SSSR count). The van der Waals surface area contributed by atoms with E-state index in [9.17, 15) is 9.18 Å². The van der Waals surface area contributed by atoms with Crippen molar-refractivity contribution in [2.45, 2.75) is 38.5 Å². The van der Waals surface area contributed by atoms with E-state index in [0.717, 1.165) is 0 Å². The third kappa shape index (κ3) is 5.35. The first kappa shape index (κ1) is 17.5. The number of nitrogens with zero attached hydrogens (tertiary/aromatic N) is 2. The quantitative estimate of drug-likeness (QED) is 0.903. The summed E-state index contributed by atoms with van der Waals surface area (Å²) in [6.45, 7) is 7.95. The van der Waals surface area contributed by atoms with E-state index in [0.29, 0.717) is 23.0 Å². The number of carbonyl (C=O) groups excluding carboxylic acids is 1. The van der Waals surface area contributed by atoms with Crippen molar-refractivity contribution in [2.75, 3.05) is 5.75 Å². The van der Waals surface area contributed by atoms with Crippen LogP contribution in [0.25, 0.3) is 11.4 Å². The fourth-order valence-electron chi connectivity index (χ4n) is 1.75. The Hall–Kier alpha value is -1.89. The molecule has 0 fully saturated rings. The predicted molar refractivity (Wildman–Crippen MR) is 88.5 cm³/mol. The Kier molecular flexibility index (Phi) is 5.41. The number of rotatable bonds is 5. The summed E-state index contributed by atoms with van der Waals surface area (Å²) in [6, 6.07) is 5.44. The monoisotopic (exact) mass is 337 g/mol. The molecule has 1 unspecified atom stereocenters. The van der Waals surface area contributed by atoms with Crippen molar-refractivity contribution in [3.63, 3.8) is 0 Å². The number of thioether (sulfide) groups is 1. The lowest BCUT2D eigenvalue weighted by Gasteiger charge is -2.17. The molecule has 1 amide bonds. The van der Waals surface area contributed by atoms with Gasteiger partial charge < -0.3 is 9.84 Å². The molecule has 1 aromatic carbocycles. The lowest BCUT2D eigenvalue weighted by molar-refractivity contribution is -0.119. The van der Waals surface area contributed by atoms with Crippen LogP contribution in [0.3, 0.4) is 0 Å². The highest BCUT2D eigenvalue weighted by Gasteiger charge is 2.19. The molecule has 0 spiro atoms. The standard InChI is InChI=1S/C16H20FN3O2S/c1-10(18-13(21)9-23-16(2,3)4)15-19-14(20-22-15)11-5-7-12(17)8-6-11/h5-8,10H,9H2,1-4H3,(H,18,21). The SMILES string of the molecule is CC(NC(=O)CSC(C)(C)C)c1nc(-c2ccc(F)cc2)no1. The highest BCUT2D eigenvalue weighted by atomic mass is 32.2. The van der Waals surface area contributed by atoms with Crippen LogP contribution in [0, 0.1) is 5.82 Å². The Balaban J connectivity index is 1.97. The van der Waals surface area contributed by atoms with Gasteiger partial charge in [0.15, 0.2) is 0 Å². The van der Waals surface area contributed by atoms with E-state index in [1.807, 2.05) is 0 Å². The second-order valence-corrected chi connectivity index (χ2v) is 7.96. The first-order chi connectivity index (χ1) is 10.7. The molecule has 0 bridgehead atoms. The van der Waals surface area contributed by atoms with Gasteiger partial charge in [-0.3, -0.25) is 4.79 Å². The summed E-state index contributed by atoms with van der Waals surface area (Å²) in [5.74, 6) is 0.643. The molecule has 1 atom stereocenters. The first-order valence-electron chi connectivity index (χ1n) is 7.27. The molecule has 2 aromatic rings. The smallest absolute Gasteiger partial charge is 0.249 e. The highest BCUT2D eigenvalue weighted by Crippen LogP contribution is 2.23. The molecule has 1 aromatic heterocycles. The average molecular weight is 337 g/mol. The molecule has 0 saturated carbocycles. The van der Waals surface area contributed by atoms with Gasteiger partial charge in [-0.2, -0.15) is 4.98 Å².